The van der Waals surface area contributed by atoms with Crippen LogP contribution in [0.4, 0.5) is 0 Å². The Kier molecular flexibility index (Phi) is 13.3. The van der Waals surface area contributed by atoms with Crippen molar-refractivity contribution in [1.82, 2.24) is 0 Å². The molecule has 0 rings (SSSR count). The van der Waals surface area contributed by atoms with Crippen molar-refractivity contribution in [3.63, 3.8) is 0 Å². The summed E-state index contributed by atoms with van der Waals surface area (Å²) in [5.41, 5.74) is 0. The van der Waals surface area contributed by atoms with Gasteiger partial charge in [-0.05, 0) is 55.7 Å². The maximum atomic E-state index is 6.42. The van der Waals surface area contributed by atoms with Gasteiger partial charge in [0.2, 0.25) is 0 Å². The molecular weight excluding hydrogens is 385 g/mol. The van der Waals surface area contributed by atoms with Crippen molar-refractivity contribution in [2.24, 2.45) is 0 Å². The highest BCUT2D eigenvalue weighted by molar-refractivity contribution is 8.00. The second-order valence-corrected chi connectivity index (χ2v) is 24.5. The van der Waals surface area contributed by atoms with E-state index in [1.807, 2.05) is 23.5 Å². The fourth-order valence-electron chi connectivity index (χ4n) is 2.96. The first-order valence-corrected chi connectivity index (χ1v) is 21.3. The predicted octanol–water partition coefficient (Wildman–Crippen LogP) is 6.11. The summed E-state index contributed by atoms with van der Waals surface area (Å²) < 4.78 is 12.8. The Morgan fingerprint density at radius 2 is 1.33 bits per heavy atom. The smallest absolute Gasteiger partial charge is 0.199 e. The number of hydrogen-bond donors (Lipinski definition) is 0. The van der Waals surface area contributed by atoms with E-state index < -0.39 is 24.7 Å². The zero-order valence-electron chi connectivity index (χ0n) is 17.5. The van der Waals surface area contributed by atoms with Gasteiger partial charge in [-0.15, -0.1) is 0 Å². The van der Waals surface area contributed by atoms with Crippen molar-refractivity contribution in [3.8, 4) is 0 Å². The lowest BCUT2D eigenvalue weighted by atomic mass is 10.6. The van der Waals surface area contributed by atoms with Crippen LogP contribution in [0.5, 0.6) is 0 Å². The van der Waals surface area contributed by atoms with Crippen molar-refractivity contribution >= 4 is 48.2 Å². The largest absolute Gasteiger partial charge is 0.418 e. The van der Waals surface area contributed by atoms with Crippen molar-refractivity contribution in [1.29, 1.82) is 0 Å². The number of hydrogen-bond acceptors (Lipinski definition) is 4. The molecule has 0 aromatic carbocycles. The molecule has 0 aliphatic carbocycles. The van der Waals surface area contributed by atoms with E-state index in [9.17, 15) is 0 Å². The Bertz CT molecular complexity index is 327. The Labute approximate surface area is 163 Å². The fourth-order valence-corrected chi connectivity index (χ4v) is 15.1. The van der Waals surface area contributed by atoms with Crippen molar-refractivity contribution < 1.29 is 8.85 Å². The van der Waals surface area contributed by atoms with Gasteiger partial charge in [-0.1, -0.05) is 32.9 Å². The molecule has 24 heavy (non-hydrogen) atoms. The minimum Gasteiger partial charge on any atom is -0.418 e. The van der Waals surface area contributed by atoms with Crippen LogP contribution in [0.15, 0.2) is 0 Å². The third-order valence-corrected chi connectivity index (χ3v) is 20.3. The third-order valence-electron chi connectivity index (χ3n) is 4.90. The molecule has 0 aromatic rings. The highest BCUT2D eigenvalue weighted by atomic mass is 32.2. The maximum absolute atomic E-state index is 6.42. The summed E-state index contributed by atoms with van der Waals surface area (Å²) in [4.78, 5) is 0. The second-order valence-electron chi connectivity index (χ2n) is 8.19. The van der Waals surface area contributed by atoms with Crippen LogP contribution in [0.2, 0.25) is 50.4 Å². The van der Waals surface area contributed by atoms with Gasteiger partial charge in [0.25, 0.3) is 0 Å². The second kappa shape index (κ2) is 12.6. The summed E-state index contributed by atoms with van der Waals surface area (Å²) in [5, 5.41) is 2.59. The molecule has 0 aromatic heterocycles. The minimum atomic E-state index is -1.58. The Hall–Kier alpha value is 1.27. The van der Waals surface area contributed by atoms with Crippen LogP contribution in [0.25, 0.3) is 0 Å². The van der Waals surface area contributed by atoms with Gasteiger partial charge in [0, 0.05) is 18.6 Å². The average molecular weight is 427 g/mol. The molecule has 2 nitrogen and oxygen atoms in total. The molecular formula is C17H42O2S2Si3. The number of rotatable bonds is 15. The molecule has 0 bridgehead atoms. The van der Waals surface area contributed by atoms with E-state index in [-0.39, 0.29) is 0 Å². The van der Waals surface area contributed by atoms with Crippen LogP contribution in [0, 0.1) is 0 Å². The van der Waals surface area contributed by atoms with Gasteiger partial charge in [0.05, 0.1) is 8.07 Å². The van der Waals surface area contributed by atoms with Gasteiger partial charge < -0.3 is 8.85 Å². The topological polar surface area (TPSA) is 18.5 Å². The molecule has 0 amide bonds. The van der Waals surface area contributed by atoms with Crippen LogP contribution in [-0.4, -0.2) is 61.2 Å². The molecule has 0 fully saturated rings. The standard InChI is InChI=1S/C17H42O2S2Si3/c1-9-13-23(7,16-20-3)15-12-18-22(5,6)14-11-19-24(8,10-2)17-21-4/h9-17H2,1-8H3. The molecule has 0 heterocycles. The van der Waals surface area contributed by atoms with Crippen LogP contribution < -0.4 is 0 Å². The summed E-state index contributed by atoms with van der Waals surface area (Å²) in [6, 6.07) is 5.12. The normalized spacial score (nSPS) is 17.5. The highest BCUT2D eigenvalue weighted by Gasteiger charge is 2.30. The zero-order valence-corrected chi connectivity index (χ0v) is 22.1. The maximum Gasteiger partial charge on any atom is 0.199 e. The van der Waals surface area contributed by atoms with Gasteiger partial charge in [0.1, 0.15) is 0 Å². The van der Waals surface area contributed by atoms with Crippen molar-refractivity contribution in [2.75, 3.05) is 36.5 Å². The van der Waals surface area contributed by atoms with E-state index in [2.05, 4.69) is 52.5 Å². The lowest BCUT2D eigenvalue weighted by Gasteiger charge is -2.31. The average Bonchev–Trinajstić information content (AvgIpc) is 2.47. The van der Waals surface area contributed by atoms with E-state index in [4.69, 9.17) is 8.85 Å². The van der Waals surface area contributed by atoms with Crippen molar-refractivity contribution in [3.05, 3.63) is 0 Å². The zero-order chi connectivity index (χ0) is 18.7. The summed E-state index contributed by atoms with van der Waals surface area (Å²) in [7, 11) is -4.14. The molecule has 0 saturated heterocycles. The first-order valence-electron chi connectivity index (χ1n) is 9.41. The first kappa shape index (κ1) is 25.3. The quantitative estimate of drug-likeness (QED) is 0.294. The highest BCUT2D eigenvalue weighted by Crippen LogP contribution is 2.24. The first-order chi connectivity index (χ1) is 11.2. The van der Waals surface area contributed by atoms with Gasteiger partial charge in [-0.25, -0.2) is 0 Å². The van der Waals surface area contributed by atoms with Gasteiger partial charge >= 0.3 is 0 Å². The molecule has 0 saturated carbocycles. The number of thioether (sulfide) groups is 2. The minimum absolute atomic E-state index is 0.908. The lowest BCUT2D eigenvalue weighted by molar-refractivity contribution is 0.294. The van der Waals surface area contributed by atoms with E-state index >= 15 is 0 Å². The Morgan fingerprint density at radius 1 is 0.750 bits per heavy atom. The Morgan fingerprint density at radius 3 is 1.83 bits per heavy atom. The Balaban J connectivity index is 4.25. The molecule has 0 spiro atoms. The summed E-state index contributed by atoms with van der Waals surface area (Å²) >= 11 is 3.97. The fraction of sp³-hybridized carbons (Fsp3) is 1.00. The van der Waals surface area contributed by atoms with Crippen LogP contribution in [0.3, 0.4) is 0 Å². The van der Waals surface area contributed by atoms with Gasteiger partial charge in [-0.3, -0.25) is 0 Å². The monoisotopic (exact) mass is 426 g/mol. The van der Waals surface area contributed by atoms with E-state index in [0.717, 1.165) is 19.3 Å². The summed E-state index contributed by atoms with van der Waals surface area (Å²) in [6.07, 6.45) is 5.77. The van der Waals surface area contributed by atoms with Crippen LogP contribution in [-0.2, 0) is 8.85 Å². The third kappa shape index (κ3) is 11.1. The molecule has 0 aliphatic heterocycles. The van der Waals surface area contributed by atoms with Gasteiger partial charge in [0.15, 0.2) is 16.6 Å². The molecule has 0 aliphatic rings. The van der Waals surface area contributed by atoms with E-state index in [0.29, 0.717) is 0 Å². The summed E-state index contributed by atoms with van der Waals surface area (Å²) in [5.74, 6) is 0. The van der Waals surface area contributed by atoms with E-state index in [1.54, 1.807) is 0 Å². The molecule has 7 heteroatoms. The SMILES string of the molecule is CCC[Si](C)(CCO[Si](C)(C)CCO[Si](C)(CC)CSC)CSC. The van der Waals surface area contributed by atoms with E-state index in [1.165, 1.54) is 35.3 Å². The molecule has 0 radical (unpaired) electrons. The predicted molar refractivity (Wildman–Crippen MR) is 125 cm³/mol. The molecule has 2 unspecified atom stereocenters. The molecule has 2 atom stereocenters. The van der Waals surface area contributed by atoms with Crippen molar-refractivity contribution in [2.45, 2.75) is 70.6 Å². The van der Waals surface area contributed by atoms with Crippen LogP contribution in [0.1, 0.15) is 20.3 Å². The van der Waals surface area contributed by atoms with Crippen LogP contribution >= 0.6 is 23.5 Å². The molecule has 0 N–H and O–H groups in total. The molecule has 146 valence electrons. The van der Waals surface area contributed by atoms with Gasteiger partial charge in [-0.2, -0.15) is 23.5 Å². The summed E-state index contributed by atoms with van der Waals surface area (Å²) in [6.45, 7) is 16.2. The lowest BCUT2D eigenvalue weighted by Crippen LogP contribution is -2.41.